The highest BCUT2D eigenvalue weighted by atomic mass is 16.6. The fraction of sp³-hybridized carbons (Fsp3) is 0.300. The fourth-order valence-corrected chi connectivity index (χ4v) is 1.70. The molecule has 1 N–H and O–H groups in total. The molecule has 1 saturated heterocycles. The van der Waals surface area contributed by atoms with E-state index in [0.29, 0.717) is 24.5 Å². The van der Waals surface area contributed by atoms with Crippen LogP contribution in [0, 0.1) is 10.1 Å². The van der Waals surface area contributed by atoms with Crippen molar-refractivity contribution in [1.29, 1.82) is 0 Å². The Morgan fingerprint density at radius 1 is 1.53 bits per heavy atom. The maximum atomic E-state index is 11.5. The van der Waals surface area contributed by atoms with Crippen molar-refractivity contribution in [3.8, 4) is 5.75 Å². The second kappa shape index (κ2) is 4.28. The molecule has 1 fully saturated rings. The number of rotatable bonds is 3. The summed E-state index contributed by atoms with van der Waals surface area (Å²) in [6.45, 7) is 1.08. The van der Waals surface area contributed by atoms with Gasteiger partial charge in [0.05, 0.1) is 23.8 Å². The van der Waals surface area contributed by atoms with E-state index in [1.807, 2.05) is 0 Å². The van der Waals surface area contributed by atoms with Crippen LogP contribution in [0.2, 0.25) is 0 Å². The maximum Gasteiger partial charge on any atom is 0.322 e. The zero-order valence-electron chi connectivity index (χ0n) is 9.17. The summed E-state index contributed by atoms with van der Waals surface area (Å²) in [4.78, 5) is 23.1. The highest BCUT2D eigenvalue weighted by Gasteiger charge is 2.25. The van der Waals surface area contributed by atoms with Crippen LogP contribution in [0.25, 0.3) is 0 Å². The number of anilines is 1. The van der Waals surface area contributed by atoms with Crippen molar-refractivity contribution in [1.82, 2.24) is 5.32 Å². The van der Waals surface area contributed by atoms with Crippen LogP contribution in [-0.4, -0.2) is 31.2 Å². The number of hydrogen-bond acceptors (Lipinski definition) is 4. The minimum atomic E-state index is -0.504. The minimum absolute atomic E-state index is 0.0646. The third-order valence-corrected chi connectivity index (χ3v) is 2.52. The van der Waals surface area contributed by atoms with E-state index in [1.165, 1.54) is 30.2 Å². The van der Waals surface area contributed by atoms with Crippen molar-refractivity contribution in [2.75, 3.05) is 25.1 Å². The van der Waals surface area contributed by atoms with Gasteiger partial charge in [0, 0.05) is 19.2 Å². The molecule has 1 aliphatic rings. The van der Waals surface area contributed by atoms with Crippen LogP contribution in [-0.2, 0) is 0 Å². The molecule has 1 heterocycles. The first-order valence-electron chi connectivity index (χ1n) is 5.01. The Balaban J connectivity index is 2.40. The summed E-state index contributed by atoms with van der Waals surface area (Å²) >= 11 is 0. The van der Waals surface area contributed by atoms with Gasteiger partial charge in [-0.15, -0.1) is 0 Å². The largest absolute Gasteiger partial charge is 0.494 e. The van der Waals surface area contributed by atoms with Gasteiger partial charge >= 0.3 is 6.03 Å². The monoisotopic (exact) mass is 237 g/mol. The predicted molar refractivity (Wildman–Crippen MR) is 60.4 cm³/mol. The average molecular weight is 237 g/mol. The van der Waals surface area contributed by atoms with E-state index < -0.39 is 4.92 Å². The number of nitro groups is 1. The molecule has 7 heteroatoms. The molecule has 0 atom stereocenters. The van der Waals surface area contributed by atoms with Crippen LogP contribution in [0.5, 0.6) is 5.75 Å². The van der Waals surface area contributed by atoms with E-state index in [2.05, 4.69) is 5.32 Å². The molecule has 0 spiro atoms. The Labute approximate surface area is 97.1 Å². The molecule has 0 radical (unpaired) electrons. The highest BCUT2D eigenvalue weighted by molar-refractivity contribution is 5.95. The molecule has 1 aliphatic heterocycles. The SMILES string of the molecule is COc1cc([N+](=O)[O-])ccc1N1CCNC1=O. The van der Waals surface area contributed by atoms with Gasteiger partial charge in [-0.05, 0) is 6.07 Å². The second-order valence-corrected chi connectivity index (χ2v) is 3.50. The van der Waals surface area contributed by atoms with Crippen molar-refractivity contribution in [3.05, 3.63) is 28.3 Å². The Hall–Kier alpha value is -2.31. The highest BCUT2D eigenvalue weighted by Crippen LogP contribution is 2.32. The van der Waals surface area contributed by atoms with Crippen LogP contribution >= 0.6 is 0 Å². The normalized spacial score (nSPS) is 14.6. The summed E-state index contributed by atoms with van der Waals surface area (Å²) in [6.07, 6.45) is 0. The van der Waals surface area contributed by atoms with Crippen LogP contribution in [0.3, 0.4) is 0 Å². The third-order valence-electron chi connectivity index (χ3n) is 2.52. The number of amides is 2. The Kier molecular flexibility index (Phi) is 2.82. The van der Waals surface area contributed by atoms with E-state index in [4.69, 9.17) is 4.74 Å². The van der Waals surface area contributed by atoms with Gasteiger partial charge in [0.15, 0.2) is 0 Å². The number of nitro benzene ring substituents is 1. The van der Waals surface area contributed by atoms with Crippen molar-refractivity contribution >= 4 is 17.4 Å². The lowest BCUT2D eigenvalue weighted by molar-refractivity contribution is -0.384. The van der Waals surface area contributed by atoms with Gasteiger partial charge in [-0.25, -0.2) is 4.79 Å². The lowest BCUT2D eigenvalue weighted by Crippen LogP contribution is -2.28. The van der Waals surface area contributed by atoms with Crippen molar-refractivity contribution in [2.24, 2.45) is 0 Å². The number of methoxy groups -OCH3 is 1. The zero-order valence-corrected chi connectivity index (χ0v) is 9.17. The van der Waals surface area contributed by atoms with Crippen molar-refractivity contribution < 1.29 is 14.5 Å². The molecule has 90 valence electrons. The number of ether oxygens (including phenoxy) is 1. The molecular formula is C10H11N3O4. The summed E-state index contributed by atoms with van der Waals surface area (Å²) in [5.74, 6) is 0.316. The molecular weight excluding hydrogens is 226 g/mol. The van der Waals surface area contributed by atoms with Crippen LogP contribution < -0.4 is 15.0 Å². The van der Waals surface area contributed by atoms with Crippen molar-refractivity contribution in [2.45, 2.75) is 0 Å². The zero-order chi connectivity index (χ0) is 12.4. The average Bonchev–Trinajstić information content (AvgIpc) is 2.74. The van der Waals surface area contributed by atoms with Gasteiger partial charge in [-0.3, -0.25) is 15.0 Å². The van der Waals surface area contributed by atoms with Crippen LogP contribution in [0.4, 0.5) is 16.2 Å². The summed E-state index contributed by atoms with van der Waals surface area (Å²) in [7, 11) is 1.41. The Morgan fingerprint density at radius 3 is 2.82 bits per heavy atom. The molecule has 2 rings (SSSR count). The number of nitrogens with zero attached hydrogens (tertiary/aromatic N) is 2. The number of benzene rings is 1. The number of urea groups is 1. The van der Waals surface area contributed by atoms with Gasteiger partial charge in [0.2, 0.25) is 0 Å². The number of non-ortho nitro benzene ring substituents is 1. The van der Waals surface area contributed by atoms with E-state index in [9.17, 15) is 14.9 Å². The lowest BCUT2D eigenvalue weighted by atomic mass is 10.2. The smallest absolute Gasteiger partial charge is 0.322 e. The molecule has 0 aliphatic carbocycles. The first kappa shape index (κ1) is 11.2. The van der Waals surface area contributed by atoms with E-state index in [1.54, 1.807) is 0 Å². The van der Waals surface area contributed by atoms with E-state index in [-0.39, 0.29) is 11.7 Å². The number of carbonyl (C=O) groups is 1. The van der Waals surface area contributed by atoms with Crippen LogP contribution in [0.15, 0.2) is 18.2 Å². The second-order valence-electron chi connectivity index (χ2n) is 3.50. The molecule has 1 aromatic rings. The topological polar surface area (TPSA) is 84.7 Å². The minimum Gasteiger partial charge on any atom is -0.494 e. The number of carbonyl (C=O) groups excluding carboxylic acids is 1. The first-order valence-corrected chi connectivity index (χ1v) is 5.01. The molecule has 0 aromatic heterocycles. The third kappa shape index (κ3) is 1.99. The summed E-state index contributed by atoms with van der Waals surface area (Å²) < 4.78 is 5.07. The van der Waals surface area contributed by atoms with Gasteiger partial charge in [-0.1, -0.05) is 0 Å². The molecule has 0 unspecified atom stereocenters. The molecule has 7 nitrogen and oxygen atoms in total. The number of nitrogens with one attached hydrogen (secondary N) is 1. The van der Waals surface area contributed by atoms with E-state index in [0.717, 1.165) is 0 Å². The lowest BCUT2D eigenvalue weighted by Gasteiger charge is -2.17. The van der Waals surface area contributed by atoms with Gasteiger partial charge < -0.3 is 10.1 Å². The van der Waals surface area contributed by atoms with Crippen LogP contribution in [0.1, 0.15) is 0 Å². The maximum absolute atomic E-state index is 11.5. The molecule has 0 saturated carbocycles. The fourth-order valence-electron chi connectivity index (χ4n) is 1.70. The summed E-state index contributed by atoms with van der Waals surface area (Å²) in [5, 5.41) is 13.3. The number of hydrogen-bond donors (Lipinski definition) is 1. The summed E-state index contributed by atoms with van der Waals surface area (Å²) in [5.41, 5.74) is 0.471. The van der Waals surface area contributed by atoms with E-state index >= 15 is 0 Å². The molecule has 17 heavy (non-hydrogen) atoms. The molecule has 2 amide bonds. The van der Waals surface area contributed by atoms with Crippen molar-refractivity contribution in [3.63, 3.8) is 0 Å². The Bertz CT molecular complexity index is 475. The quantitative estimate of drug-likeness (QED) is 0.630. The van der Waals surface area contributed by atoms with Gasteiger partial charge in [0.25, 0.3) is 5.69 Å². The van der Waals surface area contributed by atoms with Gasteiger partial charge in [0.1, 0.15) is 5.75 Å². The molecule has 1 aromatic carbocycles. The standard InChI is InChI=1S/C10H11N3O4/c1-17-9-6-7(13(15)16)2-3-8(9)12-5-4-11-10(12)14/h2-3,6H,4-5H2,1H3,(H,11,14). The Morgan fingerprint density at radius 2 is 2.29 bits per heavy atom. The van der Waals surface area contributed by atoms with Gasteiger partial charge in [-0.2, -0.15) is 0 Å². The predicted octanol–water partition coefficient (Wildman–Crippen LogP) is 1.13. The summed E-state index contributed by atoms with van der Waals surface area (Å²) in [6, 6.07) is 3.95. The molecule has 0 bridgehead atoms. The first-order chi connectivity index (χ1) is 8.13.